The van der Waals surface area contributed by atoms with E-state index in [1.165, 1.54) is 29.8 Å². The number of benzene rings is 1. The number of anilines is 1. The summed E-state index contributed by atoms with van der Waals surface area (Å²) in [6.45, 7) is 3.12. The van der Waals surface area contributed by atoms with Crippen LogP contribution in [0.1, 0.15) is 60.4 Å². The number of amides is 3. The highest BCUT2D eigenvalue weighted by Crippen LogP contribution is 2.59. The Labute approximate surface area is 244 Å². The van der Waals surface area contributed by atoms with Crippen LogP contribution in [-0.4, -0.2) is 68.9 Å². The van der Waals surface area contributed by atoms with Crippen molar-refractivity contribution in [3.63, 3.8) is 0 Å². The molecule has 2 aliphatic carbocycles. The van der Waals surface area contributed by atoms with Crippen molar-refractivity contribution < 1.29 is 27.6 Å². The van der Waals surface area contributed by atoms with Gasteiger partial charge in [-0.3, -0.25) is 23.9 Å². The third kappa shape index (κ3) is 5.14. The number of likely N-dealkylation sites (tertiary alicyclic amines) is 1. The summed E-state index contributed by atoms with van der Waals surface area (Å²) in [4.78, 5) is 58.0. The van der Waals surface area contributed by atoms with Gasteiger partial charge in [0.15, 0.2) is 5.78 Å². The number of hydrogen-bond acceptors (Lipinski definition) is 8. The summed E-state index contributed by atoms with van der Waals surface area (Å²) in [7, 11) is -3.76. The number of fused-ring (bicyclic) bond motifs is 2. The molecule has 2 aromatic heterocycles. The fraction of sp³-hybridized carbons (Fsp3) is 0.407. The van der Waals surface area contributed by atoms with E-state index in [0.29, 0.717) is 40.6 Å². The zero-order valence-electron chi connectivity index (χ0n) is 22.3. The molecule has 12 nitrogen and oxygen atoms in total. The number of sulfonamides is 1. The summed E-state index contributed by atoms with van der Waals surface area (Å²) in [6, 6.07) is 8.69. The number of carbonyl (C=O) groups excluding carboxylic acids is 4. The van der Waals surface area contributed by atoms with Gasteiger partial charge in [0.25, 0.3) is 5.91 Å². The normalized spacial score (nSPS) is 23.2. The summed E-state index contributed by atoms with van der Waals surface area (Å²) in [5, 5.41) is 7.03. The first-order valence-electron chi connectivity index (χ1n) is 13.2. The van der Waals surface area contributed by atoms with E-state index < -0.39 is 27.2 Å². The van der Waals surface area contributed by atoms with E-state index >= 15 is 0 Å². The van der Waals surface area contributed by atoms with Crippen molar-refractivity contribution in [1.29, 1.82) is 0 Å². The van der Waals surface area contributed by atoms with Crippen LogP contribution in [0, 0.1) is 5.41 Å². The van der Waals surface area contributed by atoms with Crippen LogP contribution in [-0.2, 0) is 26.2 Å². The van der Waals surface area contributed by atoms with Crippen LogP contribution >= 0.6 is 15.9 Å². The first-order chi connectivity index (χ1) is 19.4. The minimum atomic E-state index is -3.76. The van der Waals surface area contributed by atoms with E-state index in [2.05, 4.69) is 36.1 Å². The lowest BCUT2D eigenvalue weighted by Crippen LogP contribution is -2.46. The number of ketones is 1. The van der Waals surface area contributed by atoms with Gasteiger partial charge in [0.2, 0.25) is 21.8 Å². The van der Waals surface area contributed by atoms with Crippen LogP contribution < -0.4 is 10.0 Å². The number of carbonyl (C=O) groups is 4. The lowest BCUT2D eigenvalue weighted by atomic mass is 10.0. The van der Waals surface area contributed by atoms with Crippen molar-refractivity contribution in [2.75, 3.05) is 5.32 Å². The molecule has 1 aromatic carbocycles. The molecule has 14 heteroatoms. The van der Waals surface area contributed by atoms with Gasteiger partial charge >= 0.3 is 0 Å². The Morgan fingerprint density at radius 1 is 1.12 bits per heavy atom. The molecule has 1 saturated heterocycles. The number of nitrogens with one attached hydrogen (secondary N) is 2. The second-order valence-corrected chi connectivity index (χ2v) is 14.0. The summed E-state index contributed by atoms with van der Waals surface area (Å²) < 4.78 is 28.6. The van der Waals surface area contributed by atoms with Gasteiger partial charge in [0.1, 0.15) is 28.7 Å². The van der Waals surface area contributed by atoms with E-state index in [9.17, 15) is 27.6 Å². The molecule has 214 valence electrons. The molecular formula is C27H27BrN6O6S. The highest BCUT2D eigenvalue weighted by molar-refractivity contribution is 9.10. The molecule has 3 aromatic rings. The molecule has 2 saturated carbocycles. The minimum absolute atomic E-state index is 0.0557. The molecule has 0 bridgehead atoms. The number of Topliss-reactive ketones (excluding diaryl/α,β-unsaturated/α-hetero) is 1. The predicted octanol–water partition coefficient (Wildman–Crippen LogP) is 2.64. The summed E-state index contributed by atoms with van der Waals surface area (Å²) in [5.74, 6) is -1.47. The number of piperidine rings is 1. The summed E-state index contributed by atoms with van der Waals surface area (Å²) in [5.41, 5.74) is 0.340. The average molecular weight is 644 g/mol. The molecule has 2 N–H and O–H groups in total. The number of nitrogens with zero attached hydrogens (tertiary/aromatic N) is 4. The fourth-order valence-electron chi connectivity index (χ4n) is 5.60. The summed E-state index contributed by atoms with van der Waals surface area (Å²) >= 11 is 3.29. The monoisotopic (exact) mass is 642 g/mol. The van der Waals surface area contributed by atoms with Crippen LogP contribution in [0.2, 0.25) is 0 Å². The van der Waals surface area contributed by atoms with Crippen molar-refractivity contribution in [3.05, 3.63) is 52.3 Å². The smallest absolute Gasteiger partial charge is 0.264 e. The van der Waals surface area contributed by atoms with Crippen LogP contribution in [0.15, 0.2) is 41.0 Å². The highest BCUT2D eigenvalue weighted by atomic mass is 79.9. The van der Waals surface area contributed by atoms with E-state index in [0.717, 1.165) is 6.42 Å². The minimum Gasteiger partial charge on any atom is -0.325 e. The van der Waals surface area contributed by atoms with Crippen molar-refractivity contribution in [2.24, 2.45) is 5.41 Å². The summed E-state index contributed by atoms with van der Waals surface area (Å²) in [6.07, 6.45) is 2.29. The molecule has 3 atom stereocenters. The zero-order chi connectivity index (χ0) is 29.3. The van der Waals surface area contributed by atoms with Crippen molar-refractivity contribution in [2.45, 2.75) is 63.4 Å². The van der Waals surface area contributed by atoms with Gasteiger partial charge < -0.3 is 10.2 Å². The molecule has 3 heterocycles. The number of hydrogen-bond donors (Lipinski definition) is 2. The van der Waals surface area contributed by atoms with Crippen molar-refractivity contribution in [1.82, 2.24) is 24.4 Å². The number of pyridine rings is 1. The Bertz CT molecular complexity index is 1750. The standard InChI is InChI=1S/C27H27BrN6O6S/c1-14(35)24-17-9-6-15(25(37)32-41(39,40)16-7-8-16)10-18(17)33(31-24)13-23(36)34-19(11-27(2)12-20(27)34)26(38)30-22-5-3-4-21(28)29-22/h3-6,9-10,16,19-20H,7-8,11-13H2,1-2H3,(H,32,37)(H,29,30,38)/t19-,20+,27-/m0/s1. The molecule has 0 spiro atoms. The predicted molar refractivity (Wildman–Crippen MR) is 151 cm³/mol. The lowest BCUT2D eigenvalue weighted by molar-refractivity contribution is -0.138. The zero-order valence-corrected chi connectivity index (χ0v) is 24.7. The quantitative estimate of drug-likeness (QED) is 0.280. The maximum absolute atomic E-state index is 13.7. The number of halogens is 1. The fourth-order valence-corrected chi connectivity index (χ4v) is 7.25. The van der Waals surface area contributed by atoms with Crippen LogP contribution in [0.3, 0.4) is 0 Å². The largest absolute Gasteiger partial charge is 0.325 e. The van der Waals surface area contributed by atoms with Crippen molar-refractivity contribution >= 4 is 66.2 Å². The van der Waals surface area contributed by atoms with Gasteiger partial charge in [-0.2, -0.15) is 5.10 Å². The Balaban J connectivity index is 1.28. The molecule has 3 amide bonds. The van der Waals surface area contributed by atoms with E-state index in [1.54, 1.807) is 23.1 Å². The van der Waals surface area contributed by atoms with E-state index in [1.807, 2.05) is 6.92 Å². The SMILES string of the molecule is CC(=O)c1nn(CC(=O)N2[C@H](C(=O)Nc3cccc(Br)n3)C[C@@]3(C)C[C@@H]23)c2cc(C(=O)NS(=O)(=O)C3CC3)ccc12. The molecule has 1 aliphatic heterocycles. The lowest BCUT2D eigenvalue weighted by Gasteiger charge is -2.26. The van der Waals surface area contributed by atoms with Gasteiger partial charge in [-0.25, -0.2) is 18.1 Å². The number of aromatic nitrogens is 3. The molecule has 3 aliphatic rings. The molecule has 6 rings (SSSR count). The maximum Gasteiger partial charge on any atom is 0.264 e. The first-order valence-corrected chi connectivity index (χ1v) is 15.5. The van der Waals surface area contributed by atoms with E-state index in [-0.39, 0.29) is 46.9 Å². The van der Waals surface area contributed by atoms with Gasteiger partial charge in [-0.05, 0) is 77.4 Å². The Morgan fingerprint density at radius 2 is 1.88 bits per heavy atom. The van der Waals surface area contributed by atoms with Gasteiger partial charge in [0.05, 0.1) is 10.8 Å². The Kier molecular flexibility index (Phi) is 6.53. The topological polar surface area (TPSA) is 160 Å². The van der Waals surface area contributed by atoms with Crippen LogP contribution in [0.4, 0.5) is 5.82 Å². The Morgan fingerprint density at radius 3 is 2.56 bits per heavy atom. The number of rotatable bonds is 8. The van der Waals surface area contributed by atoms with Gasteiger partial charge in [0, 0.05) is 23.9 Å². The Hall–Kier alpha value is -3.65. The van der Waals surface area contributed by atoms with Gasteiger partial charge in [-0.1, -0.05) is 13.0 Å². The third-order valence-electron chi connectivity index (χ3n) is 8.02. The second kappa shape index (κ2) is 9.72. The molecule has 41 heavy (non-hydrogen) atoms. The maximum atomic E-state index is 13.7. The third-order valence-corrected chi connectivity index (χ3v) is 10.3. The average Bonchev–Trinajstić information content (AvgIpc) is 3.81. The van der Waals surface area contributed by atoms with Crippen LogP contribution in [0.5, 0.6) is 0 Å². The first kappa shape index (κ1) is 27.5. The molecular weight excluding hydrogens is 616 g/mol. The van der Waals surface area contributed by atoms with Gasteiger partial charge in [-0.15, -0.1) is 0 Å². The molecule has 3 fully saturated rings. The van der Waals surface area contributed by atoms with Crippen LogP contribution in [0.25, 0.3) is 10.9 Å². The van der Waals surface area contributed by atoms with E-state index in [4.69, 9.17) is 0 Å². The van der Waals surface area contributed by atoms with Crippen molar-refractivity contribution in [3.8, 4) is 0 Å². The highest BCUT2D eigenvalue weighted by Gasteiger charge is 2.64. The molecule has 0 radical (unpaired) electrons. The molecule has 0 unspecified atom stereocenters. The second-order valence-electron chi connectivity index (χ2n) is 11.2.